The van der Waals surface area contributed by atoms with E-state index in [9.17, 15) is 14.4 Å². The summed E-state index contributed by atoms with van der Waals surface area (Å²) < 4.78 is 5.60. The maximum Gasteiger partial charge on any atom is 0.343 e. The molecule has 0 spiro atoms. The number of rotatable bonds is 4. The van der Waals surface area contributed by atoms with Crippen molar-refractivity contribution in [2.45, 2.75) is 13.0 Å². The molecule has 0 saturated carbocycles. The monoisotopic (exact) mass is 225 g/mol. The Morgan fingerprint density at radius 2 is 2.19 bits per heavy atom. The van der Waals surface area contributed by atoms with Crippen molar-refractivity contribution in [2.75, 3.05) is 7.11 Å². The highest BCUT2D eigenvalue weighted by Gasteiger charge is 2.12. The summed E-state index contributed by atoms with van der Waals surface area (Å²) in [5.41, 5.74) is -0.647. The summed E-state index contributed by atoms with van der Waals surface area (Å²) in [7, 11) is 1.18. The minimum atomic E-state index is -1.00. The maximum atomic E-state index is 11.7. The fraction of sp³-hybridized carbons (Fsp3) is 0.300. The quantitative estimate of drug-likeness (QED) is 0.735. The molecule has 0 atom stereocenters. The molecule has 1 aromatic heterocycles. The Bertz CT molecular complexity index is 463. The van der Waals surface area contributed by atoms with Crippen LogP contribution in [-0.4, -0.2) is 28.7 Å². The van der Waals surface area contributed by atoms with Crippen LogP contribution in [0.3, 0.4) is 0 Å². The molecule has 0 aromatic carbocycles. The number of nitrogens with zero attached hydrogens (tertiary/aromatic N) is 1. The number of hydrogen-bond donors (Lipinski definition) is 1. The number of methoxy groups -OCH3 is 1. The van der Waals surface area contributed by atoms with E-state index in [1.165, 1.54) is 30.0 Å². The van der Waals surface area contributed by atoms with E-state index in [4.69, 9.17) is 5.11 Å². The van der Waals surface area contributed by atoms with Crippen LogP contribution in [0, 0.1) is 0 Å². The number of carbonyl (C=O) groups excluding carboxylic acids is 1. The Labute approximate surface area is 91.1 Å². The third-order valence-electron chi connectivity index (χ3n) is 1.99. The number of pyridine rings is 1. The number of aryl methyl sites for hydroxylation is 1. The number of aromatic nitrogens is 1. The first-order chi connectivity index (χ1) is 7.56. The normalized spacial score (nSPS) is 9.81. The molecule has 0 aliphatic heterocycles. The zero-order chi connectivity index (χ0) is 12.1. The van der Waals surface area contributed by atoms with E-state index >= 15 is 0 Å². The molecule has 0 radical (unpaired) electrons. The minimum absolute atomic E-state index is 0.0268. The van der Waals surface area contributed by atoms with Gasteiger partial charge in [0.2, 0.25) is 0 Å². The molecular weight excluding hydrogens is 214 g/mol. The van der Waals surface area contributed by atoms with Crippen LogP contribution in [0.1, 0.15) is 16.8 Å². The van der Waals surface area contributed by atoms with Crippen LogP contribution in [-0.2, 0) is 16.1 Å². The van der Waals surface area contributed by atoms with Gasteiger partial charge in [-0.05, 0) is 12.1 Å². The summed E-state index contributed by atoms with van der Waals surface area (Å²) in [4.78, 5) is 33.2. The summed E-state index contributed by atoms with van der Waals surface area (Å²) in [6, 6.07) is 2.83. The Balaban J connectivity index is 3.00. The summed E-state index contributed by atoms with van der Waals surface area (Å²) in [6.07, 6.45) is 1.25. The van der Waals surface area contributed by atoms with E-state index in [1.807, 2.05) is 0 Å². The molecule has 1 rings (SSSR count). The van der Waals surface area contributed by atoms with Crippen molar-refractivity contribution in [3.05, 3.63) is 34.2 Å². The van der Waals surface area contributed by atoms with Gasteiger partial charge in [0.15, 0.2) is 0 Å². The molecule has 6 nitrogen and oxygen atoms in total. The van der Waals surface area contributed by atoms with Crippen LogP contribution < -0.4 is 5.56 Å². The molecule has 0 bridgehead atoms. The van der Waals surface area contributed by atoms with Crippen molar-refractivity contribution < 1.29 is 19.4 Å². The van der Waals surface area contributed by atoms with Gasteiger partial charge in [-0.2, -0.15) is 0 Å². The van der Waals surface area contributed by atoms with Crippen LogP contribution in [0.5, 0.6) is 0 Å². The standard InChI is InChI=1S/C10H11NO5/c1-16-10(15)7-3-2-5-11(9(7)14)6-4-8(12)13/h2-3,5H,4,6H2,1H3,(H,12,13). The maximum absolute atomic E-state index is 11.7. The van der Waals surface area contributed by atoms with Gasteiger partial charge in [0.05, 0.1) is 13.5 Å². The molecule has 0 unspecified atom stereocenters. The van der Waals surface area contributed by atoms with Gasteiger partial charge in [-0.3, -0.25) is 9.59 Å². The molecule has 0 aliphatic rings. The van der Waals surface area contributed by atoms with E-state index in [2.05, 4.69) is 4.74 Å². The van der Waals surface area contributed by atoms with Crippen LogP contribution in [0.15, 0.2) is 23.1 Å². The van der Waals surface area contributed by atoms with Gasteiger partial charge in [-0.15, -0.1) is 0 Å². The fourth-order valence-electron chi connectivity index (χ4n) is 1.19. The van der Waals surface area contributed by atoms with Gasteiger partial charge in [-0.25, -0.2) is 4.79 Å². The predicted octanol–water partition coefficient (Wildman–Crippen LogP) is 0.110. The lowest BCUT2D eigenvalue weighted by Gasteiger charge is -2.05. The fourth-order valence-corrected chi connectivity index (χ4v) is 1.19. The van der Waals surface area contributed by atoms with Gasteiger partial charge in [0.1, 0.15) is 5.56 Å². The SMILES string of the molecule is COC(=O)c1cccn(CCC(=O)O)c1=O. The predicted molar refractivity (Wildman–Crippen MR) is 54.3 cm³/mol. The molecule has 0 fully saturated rings. The van der Waals surface area contributed by atoms with Crippen molar-refractivity contribution in [3.8, 4) is 0 Å². The molecule has 16 heavy (non-hydrogen) atoms. The Morgan fingerprint density at radius 3 is 2.75 bits per heavy atom. The van der Waals surface area contributed by atoms with Crippen molar-refractivity contribution in [2.24, 2.45) is 0 Å². The molecule has 1 aromatic rings. The van der Waals surface area contributed by atoms with Gasteiger partial charge >= 0.3 is 11.9 Å². The number of carboxylic acid groups (broad SMARTS) is 1. The first-order valence-electron chi connectivity index (χ1n) is 4.56. The van der Waals surface area contributed by atoms with Crippen molar-refractivity contribution >= 4 is 11.9 Å². The third kappa shape index (κ3) is 2.69. The number of carbonyl (C=O) groups is 2. The smallest absolute Gasteiger partial charge is 0.343 e. The highest BCUT2D eigenvalue weighted by atomic mass is 16.5. The van der Waals surface area contributed by atoms with Crippen molar-refractivity contribution in [3.63, 3.8) is 0 Å². The Hall–Kier alpha value is -2.11. The van der Waals surface area contributed by atoms with Crippen molar-refractivity contribution in [1.82, 2.24) is 4.57 Å². The van der Waals surface area contributed by atoms with E-state index in [1.54, 1.807) is 0 Å². The average molecular weight is 225 g/mol. The highest BCUT2D eigenvalue weighted by Crippen LogP contribution is 1.95. The number of hydrogen-bond acceptors (Lipinski definition) is 4. The summed E-state index contributed by atoms with van der Waals surface area (Å²) in [6.45, 7) is 0.0268. The van der Waals surface area contributed by atoms with Crippen LogP contribution in [0.25, 0.3) is 0 Å². The minimum Gasteiger partial charge on any atom is -0.481 e. The summed E-state index contributed by atoms with van der Waals surface area (Å²) >= 11 is 0. The molecule has 0 aliphatic carbocycles. The second-order valence-electron chi connectivity index (χ2n) is 3.06. The van der Waals surface area contributed by atoms with Gasteiger partial charge < -0.3 is 14.4 Å². The zero-order valence-corrected chi connectivity index (χ0v) is 8.67. The molecule has 1 heterocycles. The second kappa shape index (κ2) is 5.11. The molecule has 6 heteroatoms. The first kappa shape index (κ1) is 12.0. The number of esters is 1. The summed E-state index contributed by atoms with van der Waals surface area (Å²) in [5, 5.41) is 8.48. The third-order valence-corrected chi connectivity index (χ3v) is 1.99. The molecule has 86 valence electrons. The lowest BCUT2D eigenvalue weighted by atomic mass is 10.2. The first-order valence-corrected chi connectivity index (χ1v) is 4.56. The van der Waals surface area contributed by atoms with Gasteiger partial charge in [0.25, 0.3) is 5.56 Å². The lowest BCUT2D eigenvalue weighted by molar-refractivity contribution is -0.137. The van der Waals surface area contributed by atoms with Gasteiger partial charge in [0, 0.05) is 12.7 Å². The van der Waals surface area contributed by atoms with Crippen molar-refractivity contribution in [1.29, 1.82) is 0 Å². The topological polar surface area (TPSA) is 85.6 Å². The van der Waals surface area contributed by atoms with Crippen LogP contribution >= 0.6 is 0 Å². The molecule has 0 amide bonds. The van der Waals surface area contributed by atoms with Crippen LogP contribution in [0.4, 0.5) is 0 Å². The number of carboxylic acids is 1. The molecule has 0 saturated heterocycles. The molecular formula is C10H11NO5. The molecule has 1 N–H and O–H groups in total. The van der Waals surface area contributed by atoms with E-state index in [0.717, 1.165) is 0 Å². The highest BCUT2D eigenvalue weighted by molar-refractivity contribution is 5.88. The largest absolute Gasteiger partial charge is 0.481 e. The number of ether oxygens (including phenoxy) is 1. The number of aliphatic carboxylic acids is 1. The van der Waals surface area contributed by atoms with E-state index < -0.39 is 17.5 Å². The lowest BCUT2D eigenvalue weighted by Crippen LogP contribution is -2.27. The summed E-state index contributed by atoms with van der Waals surface area (Å²) in [5.74, 6) is -1.73. The Kier molecular flexibility index (Phi) is 3.82. The van der Waals surface area contributed by atoms with Gasteiger partial charge in [-0.1, -0.05) is 0 Å². The van der Waals surface area contributed by atoms with E-state index in [0.29, 0.717) is 0 Å². The Morgan fingerprint density at radius 1 is 1.50 bits per heavy atom. The van der Waals surface area contributed by atoms with Crippen LogP contribution in [0.2, 0.25) is 0 Å². The van der Waals surface area contributed by atoms with E-state index in [-0.39, 0.29) is 18.5 Å². The average Bonchev–Trinajstić information content (AvgIpc) is 2.26. The second-order valence-corrected chi connectivity index (χ2v) is 3.06. The zero-order valence-electron chi connectivity index (χ0n) is 8.67.